The summed E-state index contributed by atoms with van der Waals surface area (Å²) in [5, 5.41) is 0. The number of hydrogen-bond donors (Lipinski definition) is 0. The summed E-state index contributed by atoms with van der Waals surface area (Å²) in [5.41, 5.74) is 7.45. The molecule has 2 aliphatic rings. The Kier molecular flexibility index (Phi) is 4.95. The lowest BCUT2D eigenvalue weighted by molar-refractivity contribution is 0.0989. The van der Waals surface area contributed by atoms with Gasteiger partial charge in [-0.05, 0) is 61.7 Å². The summed E-state index contributed by atoms with van der Waals surface area (Å²) in [6.07, 6.45) is 2.87. The maximum atomic E-state index is 13.3. The molecule has 0 bridgehead atoms. The van der Waals surface area contributed by atoms with E-state index < -0.39 is 0 Å². The molecule has 2 heterocycles. The summed E-state index contributed by atoms with van der Waals surface area (Å²) < 4.78 is 0. The first kappa shape index (κ1) is 19.1. The number of carbonyl (C=O) groups excluding carboxylic acids is 1. The maximum absolute atomic E-state index is 13.3. The van der Waals surface area contributed by atoms with Crippen molar-refractivity contribution < 1.29 is 4.79 Å². The largest absolute Gasteiger partial charge is 0.308 e. The van der Waals surface area contributed by atoms with Gasteiger partial charge < -0.3 is 4.90 Å². The van der Waals surface area contributed by atoms with Crippen molar-refractivity contribution in [1.29, 1.82) is 0 Å². The van der Waals surface area contributed by atoms with Gasteiger partial charge in [-0.25, -0.2) is 0 Å². The number of amides is 1. The highest BCUT2D eigenvalue weighted by atomic mass is 32.2. The van der Waals surface area contributed by atoms with Crippen molar-refractivity contribution in [3.05, 3.63) is 82.9 Å². The van der Waals surface area contributed by atoms with Gasteiger partial charge in [0, 0.05) is 38.9 Å². The van der Waals surface area contributed by atoms with E-state index in [1.54, 1.807) is 11.8 Å². The van der Waals surface area contributed by atoms with Gasteiger partial charge in [0.05, 0.1) is 5.69 Å². The number of fused-ring (bicyclic) bond motifs is 3. The summed E-state index contributed by atoms with van der Waals surface area (Å²) in [6.45, 7) is 5.04. The number of aliphatic imine (C=N–C) groups is 1. The van der Waals surface area contributed by atoms with Crippen molar-refractivity contribution in [3.8, 4) is 0 Å². The van der Waals surface area contributed by atoms with Gasteiger partial charge >= 0.3 is 0 Å². The van der Waals surface area contributed by atoms with Crippen LogP contribution in [0.25, 0.3) is 0 Å². The molecule has 4 heteroatoms. The van der Waals surface area contributed by atoms with Crippen LogP contribution < -0.4 is 4.90 Å². The second kappa shape index (κ2) is 7.77. The van der Waals surface area contributed by atoms with Gasteiger partial charge in [0.25, 0.3) is 5.91 Å². The highest BCUT2D eigenvalue weighted by molar-refractivity contribution is 7.99. The molecular formula is C26H24N2OS. The van der Waals surface area contributed by atoms with Gasteiger partial charge in [-0.15, -0.1) is 0 Å². The lowest BCUT2D eigenvalue weighted by Crippen LogP contribution is -2.28. The molecule has 0 unspecified atom stereocenters. The molecule has 0 saturated carbocycles. The van der Waals surface area contributed by atoms with E-state index in [1.807, 2.05) is 35.2 Å². The topological polar surface area (TPSA) is 32.7 Å². The molecule has 0 spiro atoms. The molecule has 1 amide bonds. The van der Waals surface area contributed by atoms with Crippen LogP contribution >= 0.6 is 11.8 Å². The fourth-order valence-electron chi connectivity index (χ4n) is 4.24. The predicted octanol–water partition coefficient (Wildman–Crippen LogP) is 6.58. The number of carbonyl (C=O) groups is 1. The molecule has 0 aromatic heterocycles. The molecular weight excluding hydrogens is 388 g/mol. The average molecular weight is 413 g/mol. The van der Waals surface area contributed by atoms with Crippen molar-refractivity contribution in [2.75, 3.05) is 11.4 Å². The Morgan fingerprint density at radius 3 is 2.77 bits per heavy atom. The molecule has 3 aromatic rings. The Morgan fingerprint density at radius 1 is 1.07 bits per heavy atom. The number of para-hydroxylation sites is 1. The van der Waals surface area contributed by atoms with Crippen molar-refractivity contribution in [3.63, 3.8) is 0 Å². The molecule has 0 radical (unpaired) electrons. The molecule has 3 aromatic carbocycles. The van der Waals surface area contributed by atoms with Crippen LogP contribution in [-0.2, 0) is 6.42 Å². The highest BCUT2D eigenvalue weighted by Gasteiger charge is 2.26. The fraction of sp³-hybridized carbons (Fsp3) is 0.231. The van der Waals surface area contributed by atoms with Crippen molar-refractivity contribution >= 4 is 34.8 Å². The van der Waals surface area contributed by atoms with Crippen LogP contribution in [0.3, 0.4) is 0 Å². The van der Waals surface area contributed by atoms with E-state index in [0.717, 1.165) is 47.8 Å². The zero-order valence-corrected chi connectivity index (χ0v) is 18.1. The summed E-state index contributed by atoms with van der Waals surface area (Å²) in [7, 11) is 0. The quantitative estimate of drug-likeness (QED) is 0.486. The Balaban J connectivity index is 1.55. The van der Waals surface area contributed by atoms with E-state index in [4.69, 9.17) is 4.99 Å². The normalized spacial score (nSPS) is 14.5. The van der Waals surface area contributed by atoms with E-state index in [9.17, 15) is 4.79 Å². The van der Waals surface area contributed by atoms with Crippen LogP contribution in [0.2, 0.25) is 0 Å². The van der Waals surface area contributed by atoms with Gasteiger partial charge in [-0.3, -0.25) is 9.79 Å². The number of rotatable bonds is 3. The van der Waals surface area contributed by atoms with E-state index in [2.05, 4.69) is 44.2 Å². The van der Waals surface area contributed by atoms with E-state index in [0.29, 0.717) is 5.56 Å². The van der Waals surface area contributed by atoms with Gasteiger partial charge in [0.15, 0.2) is 0 Å². The Bertz CT molecular complexity index is 1180. The molecule has 0 saturated heterocycles. The van der Waals surface area contributed by atoms with Crippen LogP contribution in [0, 0.1) is 6.92 Å². The van der Waals surface area contributed by atoms with Gasteiger partial charge in [-0.2, -0.15) is 0 Å². The molecule has 30 heavy (non-hydrogen) atoms. The molecule has 0 aliphatic carbocycles. The van der Waals surface area contributed by atoms with E-state index in [1.165, 1.54) is 21.6 Å². The third-order valence-corrected chi connectivity index (χ3v) is 6.89. The number of hydrogen-bond acceptors (Lipinski definition) is 3. The third-order valence-electron chi connectivity index (χ3n) is 5.75. The second-order valence-electron chi connectivity index (χ2n) is 7.93. The SMILES string of the molecule is CCCC1=Nc2cc(C(=O)N3CCc4ccccc43)ccc2Sc2ccc(C)cc21. The van der Waals surface area contributed by atoms with Crippen LogP contribution in [-0.4, -0.2) is 18.2 Å². The molecule has 3 nitrogen and oxygen atoms in total. The van der Waals surface area contributed by atoms with Gasteiger partial charge in [0.1, 0.15) is 0 Å². The molecule has 5 rings (SSSR count). The molecule has 2 aliphatic heterocycles. The first-order valence-corrected chi connectivity index (χ1v) is 11.4. The summed E-state index contributed by atoms with van der Waals surface area (Å²) in [4.78, 5) is 22.6. The first-order valence-electron chi connectivity index (χ1n) is 10.5. The average Bonchev–Trinajstić information content (AvgIpc) is 3.12. The zero-order chi connectivity index (χ0) is 20.7. The first-order chi connectivity index (χ1) is 14.6. The van der Waals surface area contributed by atoms with E-state index >= 15 is 0 Å². The van der Waals surface area contributed by atoms with Crippen molar-refractivity contribution in [2.45, 2.75) is 42.9 Å². The van der Waals surface area contributed by atoms with Crippen LogP contribution in [0.15, 0.2) is 75.4 Å². The lowest BCUT2D eigenvalue weighted by Gasteiger charge is -2.18. The second-order valence-corrected chi connectivity index (χ2v) is 9.01. The summed E-state index contributed by atoms with van der Waals surface area (Å²) >= 11 is 1.74. The monoisotopic (exact) mass is 412 g/mol. The van der Waals surface area contributed by atoms with Crippen LogP contribution in [0.5, 0.6) is 0 Å². The fourth-order valence-corrected chi connectivity index (χ4v) is 5.24. The van der Waals surface area contributed by atoms with E-state index in [-0.39, 0.29) is 5.91 Å². The lowest BCUT2D eigenvalue weighted by atomic mass is 10.0. The van der Waals surface area contributed by atoms with Crippen LogP contribution in [0.4, 0.5) is 11.4 Å². The maximum Gasteiger partial charge on any atom is 0.258 e. The summed E-state index contributed by atoms with van der Waals surface area (Å²) in [5.74, 6) is 0.0533. The Morgan fingerprint density at radius 2 is 1.90 bits per heavy atom. The number of benzene rings is 3. The summed E-state index contributed by atoms with van der Waals surface area (Å²) in [6, 6.07) is 20.7. The van der Waals surface area contributed by atoms with Crippen molar-refractivity contribution in [2.24, 2.45) is 4.99 Å². The Hall–Kier alpha value is -2.85. The zero-order valence-electron chi connectivity index (χ0n) is 17.3. The molecule has 0 atom stereocenters. The van der Waals surface area contributed by atoms with Gasteiger partial charge in [0.2, 0.25) is 0 Å². The van der Waals surface area contributed by atoms with Crippen molar-refractivity contribution in [1.82, 2.24) is 0 Å². The molecule has 0 fully saturated rings. The number of nitrogens with zero attached hydrogens (tertiary/aromatic N) is 2. The number of aryl methyl sites for hydroxylation is 1. The smallest absolute Gasteiger partial charge is 0.258 e. The predicted molar refractivity (Wildman–Crippen MR) is 125 cm³/mol. The minimum absolute atomic E-state index is 0.0533. The Labute approximate surface area is 181 Å². The third kappa shape index (κ3) is 3.35. The minimum atomic E-state index is 0.0533. The molecule has 0 N–H and O–H groups in total. The minimum Gasteiger partial charge on any atom is -0.308 e. The highest BCUT2D eigenvalue weighted by Crippen LogP contribution is 2.42. The van der Waals surface area contributed by atoms with Gasteiger partial charge in [-0.1, -0.05) is 54.9 Å². The standard InChI is InChI=1S/C26H24N2OS/c1-3-6-21-20-15-17(2)9-11-24(20)30-25-12-10-19(16-22(25)27-21)26(29)28-14-13-18-7-4-5-8-23(18)28/h4-5,7-12,15-16H,3,6,13-14H2,1-2H3. The number of anilines is 1. The molecule has 150 valence electrons. The van der Waals surface area contributed by atoms with Crippen LogP contribution in [0.1, 0.15) is 46.8 Å².